The van der Waals surface area contributed by atoms with Crippen LogP contribution in [0, 0.1) is 0 Å². The number of rotatable bonds is 5. The van der Waals surface area contributed by atoms with Crippen molar-refractivity contribution in [3.8, 4) is 45.4 Å². The molecule has 5 heteroatoms. The molecule has 0 bridgehead atoms. The summed E-state index contributed by atoms with van der Waals surface area (Å²) < 4.78 is 4.66. The lowest BCUT2D eigenvalue weighted by Gasteiger charge is -2.12. The van der Waals surface area contributed by atoms with Crippen molar-refractivity contribution in [3.63, 3.8) is 0 Å². The molecule has 0 saturated heterocycles. The topological polar surface area (TPSA) is 48.5 Å². The molecule has 4 aromatic heterocycles. The highest BCUT2D eigenvalue weighted by Gasteiger charge is 2.21. The van der Waals surface area contributed by atoms with E-state index in [-0.39, 0.29) is 0 Å². The van der Waals surface area contributed by atoms with E-state index < -0.39 is 0 Å². The molecule has 11 rings (SSSR count). The van der Waals surface area contributed by atoms with E-state index in [1.807, 2.05) is 24.3 Å². The normalized spacial score (nSPS) is 11.7. The maximum absolute atomic E-state index is 5.31. The second-order valence-electron chi connectivity index (χ2n) is 13.6. The van der Waals surface area contributed by atoms with Crippen molar-refractivity contribution in [2.45, 2.75) is 0 Å². The molecule has 0 radical (unpaired) electrons. The summed E-state index contributed by atoms with van der Waals surface area (Å²) in [7, 11) is 0. The van der Waals surface area contributed by atoms with Gasteiger partial charge in [-0.2, -0.15) is 0 Å². The summed E-state index contributed by atoms with van der Waals surface area (Å²) in [6, 6.07) is 65.9. The Morgan fingerprint density at radius 3 is 1.61 bits per heavy atom. The van der Waals surface area contributed by atoms with Crippen LogP contribution in [0.1, 0.15) is 0 Å². The van der Waals surface area contributed by atoms with Gasteiger partial charge >= 0.3 is 0 Å². The van der Waals surface area contributed by atoms with Gasteiger partial charge in [-0.25, -0.2) is 15.0 Å². The highest BCUT2D eigenvalue weighted by Crippen LogP contribution is 2.42. The predicted molar refractivity (Wildman–Crippen MR) is 222 cm³/mol. The number of aromatic nitrogens is 5. The Balaban J connectivity index is 1.10. The van der Waals surface area contributed by atoms with Crippen molar-refractivity contribution in [2.75, 3.05) is 0 Å². The molecule has 4 heterocycles. The summed E-state index contributed by atoms with van der Waals surface area (Å²) in [5, 5.41) is 5.86. The van der Waals surface area contributed by atoms with Crippen molar-refractivity contribution in [1.29, 1.82) is 0 Å². The van der Waals surface area contributed by atoms with Crippen LogP contribution in [0.3, 0.4) is 0 Å². The number of pyridine rings is 1. The minimum atomic E-state index is 0.590. The Hall–Kier alpha value is -7.37. The van der Waals surface area contributed by atoms with Gasteiger partial charge in [0.25, 0.3) is 0 Å². The fraction of sp³-hybridized carbons (Fsp3) is 0. The van der Waals surface area contributed by atoms with Crippen LogP contribution in [0.15, 0.2) is 188 Å². The molecule has 0 N–H and O–H groups in total. The fourth-order valence-corrected chi connectivity index (χ4v) is 8.15. The molecule has 0 aliphatic rings. The van der Waals surface area contributed by atoms with Crippen molar-refractivity contribution in [2.24, 2.45) is 0 Å². The first-order valence-electron chi connectivity index (χ1n) is 18.2. The monoisotopic (exact) mass is 689 g/mol. The Bertz CT molecular complexity index is 3200. The van der Waals surface area contributed by atoms with Gasteiger partial charge in [-0.15, -0.1) is 0 Å². The SMILES string of the molecule is c1ccc(-c2ccc(-c3nc(-c4cccc(-n5c6ccccc6c6c7c8ccccc8n(-c8ccccc8)c7ccc65)n4)nc4ccccc34)cc2)cc1. The molecule has 54 heavy (non-hydrogen) atoms. The minimum absolute atomic E-state index is 0.590. The smallest absolute Gasteiger partial charge is 0.179 e. The third-order valence-electron chi connectivity index (χ3n) is 10.5. The Morgan fingerprint density at radius 2 is 0.889 bits per heavy atom. The number of nitrogens with zero attached hydrogens (tertiary/aromatic N) is 5. The van der Waals surface area contributed by atoms with E-state index in [0.29, 0.717) is 11.5 Å². The molecule has 0 unspecified atom stereocenters. The van der Waals surface area contributed by atoms with Gasteiger partial charge in [-0.3, -0.25) is 4.57 Å². The average Bonchev–Trinajstić information content (AvgIpc) is 3.77. The Labute approximate surface area is 311 Å². The van der Waals surface area contributed by atoms with E-state index in [1.54, 1.807) is 0 Å². The summed E-state index contributed by atoms with van der Waals surface area (Å²) in [4.78, 5) is 15.6. The lowest BCUT2D eigenvalue weighted by Crippen LogP contribution is -2.01. The van der Waals surface area contributed by atoms with Crippen molar-refractivity contribution in [3.05, 3.63) is 188 Å². The summed E-state index contributed by atoms with van der Waals surface area (Å²) in [5.41, 5.74) is 11.6. The van der Waals surface area contributed by atoms with E-state index in [1.165, 1.54) is 43.7 Å². The van der Waals surface area contributed by atoms with E-state index in [0.717, 1.165) is 44.7 Å². The lowest BCUT2D eigenvalue weighted by atomic mass is 10.0. The van der Waals surface area contributed by atoms with Crippen LogP contribution in [-0.4, -0.2) is 24.1 Å². The van der Waals surface area contributed by atoms with E-state index in [9.17, 15) is 0 Å². The van der Waals surface area contributed by atoms with E-state index >= 15 is 0 Å². The molecule has 0 fully saturated rings. The minimum Gasteiger partial charge on any atom is -0.309 e. The second kappa shape index (κ2) is 12.1. The van der Waals surface area contributed by atoms with E-state index in [2.05, 4.69) is 173 Å². The molecule has 11 aromatic rings. The van der Waals surface area contributed by atoms with Crippen LogP contribution in [0.4, 0.5) is 0 Å². The first-order chi connectivity index (χ1) is 26.8. The molecule has 0 aliphatic heterocycles. The largest absolute Gasteiger partial charge is 0.309 e. The van der Waals surface area contributed by atoms with Gasteiger partial charge in [0.1, 0.15) is 11.5 Å². The molecule has 0 amide bonds. The van der Waals surface area contributed by atoms with Crippen LogP contribution < -0.4 is 0 Å². The van der Waals surface area contributed by atoms with Crippen LogP contribution >= 0.6 is 0 Å². The van der Waals surface area contributed by atoms with Gasteiger partial charge in [-0.1, -0.05) is 133 Å². The Morgan fingerprint density at radius 1 is 0.333 bits per heavy atom. The van der Waals surface area contributed by atoms with Gasteiger partial charge in [0, 0.05) is 38.2 Å². The molecule has 252 valence electrons. The molecule has 0 atom stereocenters. The summed E-state index contributed by atoms with van der Waals surface area (Å²) in [6.07, 6.45) is 0. The van der Waals surface area contributed by atoms with Crippen LogP contribution in [0.25, 0.3) is 99.9 Å². The fourth-order valence-electron chi connectivity index (χ4n) is 8.15. The highest BCUT2D eigenvalue weighted by molar-refractivity contribution is 6.28. The maximum atomic E-state index is 5.31. The zero-order valence-corrected chi connectivity index (χ0v) is 29.1. The predicted octanol–water partition coefficient (Wildman–Crippen LogP) is 12.2. The van der Waals surface area contributed by atoms with E-state index in [4.69, 9.17) is 15.0 Å². The lowest BCUT2D eigenvalue weighted by molar-refractivity contribution is 1.07. The number of hydrogen-bond donors (Lipinski definition) is 0. The third-order valence-corrected chi connectivity index (χ3v) is 10.5. The van der Waals surface area contributed by atoms with Crippen LogP contribution in [-0.2, 0) is 0 Å². The number of para-hydroxylation sites is 4. The molecular formula is C49H31N5. The zero-order chi connectivity index (χ0) is 35.6. The van der Waals surface area contributed by atoms with Crippen molar-refractivity contribution < 1.29 is 0 Å². The molecular weight excluding hydrogens is 659 g/mol. The van der Waals surface area contributed by atoms with Crippen LogP contribution in [0.2, 0.25) is 0 Å². The molecule has 5 nitrogen and oxygen atoms in total. The van der Waals surface area contributed by atoms with Gasteiger partial charge in [0.15, 0.2) is 5.82 Å². The zero-order valence-electron chi connectivity index (χ0n) is 29.1. The number of benzene rings is 7. The molecule has 0 spiro atoms. The summed E-state index contributed by atoms with van der Waals surface area (Å²) in [5.74, 6) is 1.40. The number of hydrogen-bond acceptors (Lipinski definition) is 3. The first kappa shape index (κ1) is 30.3. The average molecular weight is 690 g/mol. The van der Waals surface area contributed by atoms with Gasteiger partial charge in [0.2, 0.25) is 0 Å². The first-order valence-corrected chi connectivity index (χ1v) is 18.2. The summed E-state index contributed by atoms with van der Waals surface area (Å²) >= 11 is 0. The van der Waals surface area contributed by atoms with Crippen molar-refractivity contribution >= 4 is 54.5 Å². The quantitative estimate of drug-likeness (QED) is 0.181. The molecule has 7 aromatic carbocycles. The third kappa shape index (κ3) is 4.69. The summed E-state index contributed by atoms with van der Waals surface area (Å²) in [6.45, 7) is 0. The van der Waals surface area contributed by atoms with Gasteiger partial charge in [0.05, 0.1) is 33.3 Å². The second-order valence-corrected chi connectivity index (χ2v) is 13.6. The number of fused-ring (bicyclic) bond motifs is 8. The molecule has 0 saturated carbocycles. The van der Waals surface area contributed by atoms with Gasteiger partial charge < -0.3 is 4.57 Å². The maximum Gasteiger partial charge on any atom is 0.179 e. The van der Waals surface area contributed by atoms with Crippen LogP contribution in [0.5, 0.6) is 0 Å². The highest BCUT2D eigenvalue weighted by atomic mass is 15.1. The molecule has 0 aliphatic carbocycles. The Kier molecular flexibility index (Phi) is 6.79. The standard InChI is InChI=1S/C49H31N5/c1-3-14-32(15-4-1)33-26-28-34(29-27-33)48-36-18-7-10-21-39(36)51-49(52-48)40-22-13-25-45(50-40)54-42-24-12-9-20-38(42)47-44(54)31-30-43-46(47)37-19-8-11-23-41(37)53(43)35-16-5-2-6-17-35/h1-31H. The van der Waals surface area contributed by atoms with Crippen molar-refractivity contribution in [1.82, 2.24) is 24.1 Å². The van der Waals surface area contributed by atoms with Gasteiger partial charge in [-0.05, 0) is 65.7 Å².